The minimum atomic E-state index is -0.182. The lowest BCUT2D eigenvalue weighted by Crippen LogP contribution is -2.41. The highest BCUT2D eigenvalue weighted by molar-refractivity contribution is 8.18. The van der Waals surface area contributed by atoms with Crippen LogP contribution in [0.15, 0.2) is 29.2 Å². The second kappa shape index (κ2) is 8.31. The van der Waals surface area contributed by atoms with E-state index in [0.717, 1.165) is 48.8 Å². The number of carbonyl (C=O) groups is 2. The second-order valence-electron chi connectivity index (χ2n) is 5.78. The Bertz CT molecular complexity index is 607. The zero-order valence-electron chi connectivity index (χ0n) is 14.0. The summed E-state index contributed by atoms with van der Waals surface area (Å²) >= 11 is 1.03. The van der Waals surface area contributed by atoms with Gasteiger partial charge in [-0.2, -0.15) is 0 Å². The molecule has 0 aliphatic carbocycles. The number of carbonyl (C=O) groups excluding carboxylic acids is 2. The summed E-state index contributed by atoms with van der Waals surface area (Å²) in [4.78, 5) is 28.8. The van der Waals surface area contributed by atoms with Crippen molar-refractivity contribution in [2.75, 3.05) is 19.8 Å². The Labute approximate surface area is 142 Å². The maximum Gasteiger partial charge on any atom is 0.294 e. The third-order valence-electron chi connectivity index (χ3n) is 3.63. The topological polar surface area (TPSA) is 40.6 Å². The monoisotopic (exact) mass is 332 g/mol. The SMILES string of the molecule is CCCN(CCC)CN1C(=O)S/C(=C/c2cccc(C)c2)C1=O. The Balaban J connectivity index is 2.13. The standard InChI is InChI=1S/C18H24N2O2S/c1-4-9-19(10-5-2)13-20-17(21)16(23-18(20)22)12-15-8-6-7-14(3)11-15/h6-8,11-12H,4-5,9-10,13H2,1-3H3/b16-12+. The Morgan fingerprint density at radius 2 is 1.87 bits per heavy atom. The van der Waals surface area contributed by atoms with Gasteiger partial charge in [0, 0.05) is 0 Å². The van der Waals surface area contributed by atoms with Crippen molar-refractivity contribution >= 4 is 29.0 Å². The van der Waals surface area contributed by atoms with Crippen LogP contribution < -0.4 is 0 Å². The van der Waals surface area contributed by atoms with Crippen LogP contribution in [0.5, 0.6) is 0 Å². The molecule has 0 saturated carbocycles. The van der Waals surface area contributed by atoms with Crippen molar-refractivity contribution < 1.29 is 9.59 Å². The zero-order chi connectivity index (χ0) is 16.8. The average Bonchev–Trinajstić information content (AvgIpc) is 2.75. The zero-order valence-corrected chi connectivity index (χ0v) is 14.9. The van der Waals surface area contributed by atoms with E-state index >= 15 is 0 Å². The minimum Gasteiger partial charge on any atom is -0.286 e. The lowest BCUT2D eigenvalue weighted by atomic mass is 10.1. The lowest BCUT2D eigenvalue weighted by Gasteiger charge is -2.25. The maximum absolute atomic E-state index is 12.5. The summed E-state index contributed by atoms with van der Waals surface area (Å²) < 4.78 is 0. The van der Waals surface area contributed by atoms with E-state index in [1.165, 1.54) is 4.90 Å². The third-order valence-corrected chi connectivity index (χ3v) is 4.54. The number of hydrogen-bond donors (Lipinski definition) is 0. The third kappa shape index (κ3) is 4.69. The van der Waals surface area contributed by atoms with E-state index in [-0.39, 0.29) is 11.1 Å². The highest BCUT2D eigenvalue weighted by atomic mass is 32.2. The summed E-state index contributed by atoms with van der Waals surface area (Å²) in [6, 6.07) is 7.92. The molecule has 0 radical (unpaired) electrons. The van der Waals surface area contributed by atoms with Gasteiger partial charge in [-0.25, -0.2) is 0 Å². The number of imide groups is 1. The van der Waals surface area contributed by atoms with Crippen molar-refractivity contribution in [3.63, 3.8) is 0 Å². The van der Waals surface area contributed by atoms with Gasteiger partial charge in [0.15, 0.2) is 0 Å². The van der Waals surface area contributed by atoms with Gasteiger partial charge in [-0.15, -0.1) is 0 Å². The molecule has 1 aliphatic rings. The van der Waals surface area contributed by atoms with Gasteiger partial charge < -0.3 is 0 Å². The number of amides is 2. The largest absolute Gasteiger partial charge is 0.294 e. The summed E-state index contributed by atoms with van der Waals surface area (Å²) in [6.07, 6.45) is 3.83. The molecule has 1 heterocycles. The molecule has 2 rings (SSSR count). The molecule has 0 N–H and O–H groups in total. The molecular weight excluding hydrogens is 308 g/mol. The first kappa shape index (κ1) is 17.8. The molecule has 23 heavy (non-hydrogen) atoms. The lowest BCUT2D eigenvalue weighted by molar-refractivity contribution is -0.124. The molecule has 4 nitrogen and oxygen atoms in total. The number of nitrogens with zero attached hydrogens (tertiary/aromatic N) is 2. The predicted molar refractivity (Wildman–Crippen MR) is 96.0 cm³/mol. The number of benzene rings is 1. The smallest absolute Gasteiger partial charge is 0.286 e. The van der Waals surface area contributed by atoms with E-state index < -0.39 is 0 Å². The molecule has 5 heteroatoms. The summed E-state index contributed by atoms with van der Waals surface area (Å²) in [5, 5.41) is -0.175. The molecule has 0 atom stereocenters. The van der Waals surface area contributed by atoms with E-state index in [2.05, 4.69) is 18.7 Å². The molecule has 0 spiro atoms. The second-order valence-corrected chi connectivity index (χ2v) is 6.78. The first-order valence-electron chi connectivity index (χ1n) is 8.09. The molecule has 1 aromatic rings. The van der Waals surface area contributed by atoms with Crippen LogP contribution in [0.4, 0.5) is 4.79 Å². The molecule has 1 aliphatic heterocycles. The van der Waals surface area contributed by atoms with Crippen LogP contribution in [-0.4, -0.2) is 40.7 Å². The Kier molecular flexibility index (Phi) is 6.42. The number of rotatable bonds is 7. The molecular formula is C18H24N2O2S. The van der Waals surface area contributed by atoms with E-state index in [1.807, 2.05) is 37.3 Å². The first-order chi connectivity index (χ1) is 11.0. The van der Waals surface area contributed by atoms with E-state index in [1.54, 1.807) is 0 Å². The molecule has 1 aromatic carbocycles. The number of hydrogen-bond acceptors (Lipinski definition) is 4. The van der Waals surface area contributed by atoms with Crippen LogP contribution >= 0.6 is 11.8 Å². The van der Waals surface area contributed by atoms with Crippen LogP contribution in [0.25, 0.3) is 6.08 Å². The van der Waals surface area contributed by atoms with Crippen LogP contribution in [0, 0.1) is 6.92 Å². The summed E-state index contributed by atoms with van der Waals surface area (Å²) in [5.74, 6) is -0.182. The van der Waals surface area contributed by atoms with E-state index in [4.69, 9.17) is 0 Å². The average molecular weight is 332 g/mol. The highest BCUT2D eigenvalue weighted by Gasteiger charge is 2.35. The summed E-state index contributed by atoms with van der Waals surface area (Å²) in [5.41, 5.74) is 2.09. The fourth-order valence-corrected chi connectivity index (χ4v) is 3.45. The number of aryl methyl sites for hydroxylation is 1. The van der Waals surface area contributed by atoms with Crippen molar-refractivity contribution in [1.29, 1.82) is 0 Å². The van der Waals surface area contributed by atoms with Gasteiger partial charge in [-0.3, -0.25) is 19.4 Å². The number of thioether (sulfide) groups is 1. The molecule has 1 fully saturated rings. The van der Waals surface area contributed by atoms with Crippen LogP contribution in [0.1, 0.15) is 37.8 Å². The van der Waals surface area contributed by atoms with Gasteiger partial charge in [0.2, 0.25) is 0 Å². The predicted octanol–water partition coefficient (Wildman–Crippen LogP) is 4.11. The van der Waals surface area contributed by atoms with Crippen molar-refractivity contribution in [3.05, 3.63) is 40.3 Å². The summed E-state index contributed by atoms with van der Waals surface area (Å²) in [6.45, 7) is 8.40. The first-order valence-corrected chi connectivity index (χ1v) is 8.91. The van der Waals surface area contributed by atoms with E-state index in [9.17, 15) is 9.59 Å². The molecule has 0 aromatic heterocycles. The van der Waals surface area contributed by atoms with Crippen LogP contribution in [-0.2, 0) is 4.79 Å². The van der Waals surface area contributed by atoms with Gasteiger partial charge in [-0.1, -0.05) is 43.7 Å². The Hall–Kier alpha value is -1.59. The Morgan fingerprint density at radius 3 is 2.48 bits per heavy atom. The van der Waals surface area contributed by atoms with Crippen molar-refractivity contribution in [1.82, 2.24) is 9.80 Å². The van der Waals surface area contributed by atoms with Gasteiger partial charge in [0.05, 0.1) is 11.6 Å². The fraction of sp³-hybridized carbons (Fsp3) is 0.444. The quantitative estimate of drug-likeness (QED) is 0.705. The Morgan fingerprint density at radius 1 is 1.17 bits per heavy atom. The van der Waals surface area contributed by atoms with Crippen molar-refractivity contribution in [2.45, 2.75) is 33.6 Å². The molecule has 0 bridgehead atoms. The van der Waals surface area contributed by atoms with Crippen LogP contribution in [0.2, 0.25) is 0 Å². The fourth-order valence-electron chi connectivity index (χ4n) is 2.62. The maximum atomic E-state index is 12.5. The van der Waals surface area contributed by atoms with E-state index in [0.29, 0.717) is 11.6 Å². The minimum absolute atomic E-state index is 0.175. The van der Waals surface area contributed by atoms with Gasteiger partial charge >= 0.3 is 0 Å². The molecule has 0 unspecified atom stereocenters. The highest BCUT2D eigenvalue weighted by Crippen LogP contribution is 2.32. The van der Waals surface area contributed by atoms with Gasteiger partial charge in [0.25, 0.3) is 11.1 Å². The van der Waals surface area contributed by atoms with Crippen molar-refractivity contribution in [3.8, 4) is 0 Å². The molecule has 1 saturated heterocycles. The van der Waals surface area contributed by atoms with Crippen LogP contribution in [0.3, 0.4) is 0 Å². The molecule has 2 amide bonds. The summed E-state index contributed by atoms with van der Waals surface area (Å²) in [7, 11) is 0. The van der Waals surface area contributed by atoms with Gasteiger partial charge in [-0.05, 0) is 56.3 Å². The molecule has 124 valence electrons. The normalized spacial score (nSPS) is 16.9. The van der Waals surface area contributed by atoms with Gasteiger partial charge in [0.1, 0.15) is 0 Å². The van der Waals surface area contributed by atoms with Crippen molar-refractivity contribution in [2.24, 2.45) is 0 Å².